The summed E-state index contributed by atoms with van der Waals surface area (Å²) in [5, 5.41) is 23.3. The standard InChI is InChI=1S/C24H20N8OS/c1-2-20(33)28-15-6-13(8-25-10-15)14-7-16-22(31-32-23(16)27-9-14)24-29-18-12-26-11-17(21(18)30-24)19-4-3-5-34-19/h3-12,20,28,33H,2H2,1H3,(H,29,30)(H,27,31,32). The summed E-state index contributed by atoms with van der Waals surface area (Å²) >= 11 is 1.65. The predicted octanol–water partition coefficient (Wildman–Crippen LogP) is 4.83. The highest BCUT2D eigenvalue weighted by atomic mass is 32.1. The summed E-state index contributed by atoms with van der Waals surface area (Å²) in [6, 6.07) is 8.04. The van der Waals surface area contributed by atoms with Crippen LogP contribution in [0.25, 0.3) is 55.2 Å². The van der Waals surface area contributed by atoms with E-state index in [1.807, 2.05) is 36.7 Å². The van der Waals surface area contributed by atoms with Gasteiger partial charge >= 0.3 is 0 Å². The van der Waals surface area contributed by atoms with Gasteiger partial charge in [-0.1, -0.05) is 13.0 Å². The Hall–Kier alpha value is -4.15. The van der Waals surface area contributed by atoms with Gasteiger partial charge in [0.25, 0.3) is 0 Å². The van der Waals surface area contributed by atoms with E-state index in [9.17, 15) is 5.11 Å². The van der Waals surface area contributed by atoms with Gasteiger partial charge in [-0.15, -0.1) is 11.3 Å². The average molecular weight is 469 g/mol. The fourth-order valence-corrected chi connectivity index (χ4v) is 4.61. The Kier molecular flexibility index (Phi) is 5.01. The van der Waals surface area contributed by atoms with Crippen LogP contribution in [0.15, 0.2) is 60.6 Å². The molecule has 34 heavy (non-hydrogen) atoms. The zero-order chi connectivity index (χ0) is 23.1. The van der Waals surface area contributed by atoms with Crippen LogP contribution in [0.1, 0.15) is 13.3 Å². The first-order chi connectivity index (χ1) is 16.7. The Balaban J connectivity index is 1.43. The number of nitrogens with zero attached hydrogens (tertiary/aromatic N) is 5. The number of imidazole rings is 1. The number of aliphatic hydroxyl groups excluding tert-OH is 1. The first-order valence-electron chi connectivity index (χ1n) is 10.8. The fraction of sp³-hybridized carbons (Fsp3) is 0.125. The normalized spacial score (nSPS) is 12.4. The third kappa shape index (κ3) is 3.58. The molecule has 0 aliphatic rings. The summed E-state index contributed by atoms with van der Waals surface area (Å²) in [4.78, 5) is 22.6. The third-order valence-corrected chi connectivity index (χ3v) is 6.52. The Bertz CT molecular complexity index is 1600. The van der Waals surface area contributed by atoms with E-state index in [0.717, 1.165) is 43.7 Å². The number of hydrogen-bond donors (Lipinski definition) is 4. The summed E-state index contributed by atoms with van der Waals surface area (Å²) in [6.07, 6.45) is 8.81. The van der Waals surface area contributed by atoms with Crippen LogP contribution in [0.5, 0.6) is 0 Å². The van der Waals surface area contributed by atoms with Crippen molar-refractivity contribution >= 4 is 39.1 Å². The predicted molar refractivity (Wildman–Crippen MR) is 133 cm³/mol. The summed E-state index contributed by atoms with van der Waals surface area (Å²) in [7, 11) is 0. The number of nitrogens with one attached hydrogen (secondary N) is 3. The second kappa shape index (κ2) is 8.32. The lowest BCUT2D eigenvalue weighted by atomic mass is 10.1. The molecule has 0 aliphatic carbocycles. The van der Waals surface area contributed by atoms with Gasteiger partial charge in [-0.05, 0) is 30.0 Å². The smallest absolute Gasteiger partial charge is 0.159 e. The zero-order valence-corrected chi connectivity index (χ0v) is 19.0. The molecule has 1 atom stereocenters. The molecule has 0 saturated heterocycles. The Morgan fingerprint density at radius 3 is 2.82 bits per heavy atom. The van der Waals surface area contributed by atoms with E-state index in [1.54, 1.807) is 36.1 Å². The molecule has 0 aliphatic heterocycles. The summed E-state index contributed by atoms with van der Waals surface area (Å²) in [6.45, 7) is 1.91. The van der Waals surface area contributed by atoms with Crippen molar-refractivity contribution in [1.82, 2.24) is 35.1 Å². The summed E-state index contributed by atoms with van der Waals surface area (Å²) < 4.78 is 0. The highest BCUT2D eigenvalue weighted by Gasteiger charge is 2.17. The van der Waals surface area contributed by atoms with Crippen molar-refractivity contribution in [1.29, 1.82) is 0 Å². The molecule has 0 saturated carbocycles. The van der Waals surface area contributed by atoms with Crippen molar-refractivity contribution in [3.8, 4) is 33.1 Å². The topological polar surface area (TPSA) is 128 Å². The summed E-state index contributed by atoms with van der Waals surface area (Å²) in [5.41, 5.74) is 6.53. The largest absolute Gasteiger partial charge is 0.374 e. The molecule has 9 nitrogen and oxygen atoms in total. The van der Waals surface area contributed by atoms with E-state index in [4.69, 9.17) is 4.98 Å². The van der Waals surface area contributed by atoms with Gasteiger partial charge in [-0.3, -0.25) is 15.1 Å². The van der Waals surface area contributed by atoms with Crippen molar-refractivity contribution < 1.29 is 5.11 Å². The van der Waals surface area contributed by atoms with Gasteiger partial charge in [-0.2, -0.15) is 5.10 Å². The first kappa shape index (κ1) is 20.5. The highest BCUT2D eigenvalue weighted by molar-refractivity contribution is 7.13. The number of thiophene rings is 1. The van der Waals surface area contributed by atoms with Crippen molar-refractivity contribution in [2.24, 2.45) is 0 Å². The highest BCUT2D eigenvalue weighted by Crippen LogP contribution is 2.33. The number of aromatic nitrogens is 7. The fourth-order valence-electron chi connectivity index (χ4n) is 3.87. The summed E-state index contributed by atoms with van der Waals surface area (Å²) in [5.74, 6) is 0.644. The van der Waals surface area contributed by atoms with Crippen LogP contribution in [0.2, 0.25) is 0 Å². The van der Waals surface area contributed by atoms with E-state index in [1.165, 1.54) is 0 Å². The van der Waals surface area contributed by atoms with Gasteiger partial charge in [0.2, 0.25) is 0 Å². The van der Waals surface area contributed by atoms with Crippen LogP contribution in [0.3, 0.4) is 0 Å². The first-order valence-corrected chi connectivity index (χ1v) is 11.7. The molecule has 6 rings (SSSR count). The van der Waals surface area contributed by atoms with Gasteiger partial charge in [0.15, 0.2) is 11.5 Å². The molecule has 0 amide bonds. The monoisotopic (exact) mass is 468 g/mol. The van der Waals surface area contributed by atoms with Crippen molar-refractivity contribution in [3.05, 3.63) is 60.6 Å². The van der Waals surface area contributed by atoms with Crippen molar-refractivity contribution in [3.63, 3.8) is 0 Å². The van der Waals surface area contributed by atoms with Gasteiger partial charge < -0.3 is 15.4 Å². The number of fused-ring (bicyclic) bond motifs is 2. The molecule has 1 unspecified atom stereocenters. The van der Waals surface area contributed by atoms with Gasteiger partial charge in [0.1, 0.15) is 17.4 Å². The number of aliphatic hydroxyl groups is 1. The Morgan fingerprint density at radius 2 is 1.97 bits per heavy atom. The second-order valence-electron chi connectivity index (χ2n) is 7.87. The third-order valence-electron chi connectivity index (χ3n) is 5.61. The minimum Gasteiger partial charge on any atom is -0.374 e. The van der Waals surface area contributed by atoms with Gasteiger partial charge in [-0.25, -0.2) is 9.97 Å². The van der Waals surface area contributed by atoms with E-state index in [-0.39, 0.29) is 0 Å². The number of H-pyrrole nitrogens is 2. The number of rotatable bonds is 6. The van der Waals surface area contributed by atoms with Crippen molar-refractivity contribution in [2.75, 3.05) is 5.32 Å². The Morgan fingerprint density at radius 1 is 1.09 bits per heavy atom. The van der Waals surface area contributed by atoms with Crippen LogP contribution in [0, 0.1) is 0 Å². The number of anilines is 1. The van der Waals surface area contributed by atoms with E-state index in [2.05, 4.69) is 41.5 Å². The zero-order valence-electron chi connectivity index (χ0n) is 18.1. The van der Waals surface area contributed by atoms with Gasteiger partial charge in [0, 0.05) is 40.2 Å². The maximum absolute atomic E-state index is 9.91. The van der Waals surface area contributed by atoms with Crippen LogP contribution < -0.4 is 5.32 Å². The molecule has 6 aromatic heterocycles. The minimum absolute atomic E-state index is 0.595. The molecule has 10 heteroatoms. The molecule has 0 aromatic carbocycles. The van der Waals surface area contributed by atoms with E-state index in [0.29, 0.717) is 23.6 Å². The molecule has 0 bridgehead atoms. The lowest BCUT2D eigenvalue weighted by Crippen LogP contribution is -2.16. The molecule has 168 valence electrons. The van der Waals surface area contributed by atoms with Crippen LogP contribution in [-0.2, 0) is 0 Å². The van der Waals surface area contributed by atoms with E-state index >= 15 is 0 Å². The second-order valence-corrected chi connectivity index (χ2v) is 8.82. The van der Waals surface area contributed by atoms with Crippen LogP contribution in [0.4, 0.5) is 5.69 Å². The Labute approximate surface area is 198 Å². The molecule has 4 N–H and O–H groups in total. The molecule has 6 aromatic rings. The van der Waals surface area contributed by atoms with Gasteiger partial charge in [0.05, 0.1) is 29.0 Å². The molecular formula is C24H20N8OS. The van der Waals surface area contributed by atoms with Crippen molar-refractivity contribution in [2.45, 2.75) is 19.6 Å². The quantitative estimate of drug-likeness (QED) is 0.258. The molecule has 6 heterocycles. The van der Waals surface area contributed by atoms with Crippen LogP contribution >= 0.6 is 11.3 Å². The van der Waals surface area contributed by atoms with E-state index < -0.39 is 6.23 Å². The van der Waals surface area contributed by atoms with Crippen LogP contribution in [-0.4, -0.2) is 46.5 Å². The molecule has 0 spiro atoms. The number of hydrogen-bond acceptors (Lipinski definition) is 8. The SMILES string of the molecule is CCC(O)Nc1cncc(-c2cnc3[nH]nc(-c4nc5c(-c6cccs6)cncc5[nH]4)c3c2)c1. The molecular weight excluding hydrogens is 448 g/mol. The maximum atomic E-state index is 9.91. The lowest BCUT2D eigenvalue weighted by molar-refractivity contribution is 0.199. The lowest BCUT2D eigenvalue weighted by Gasteiger charge is -2.12. The minimum atomic E-state index is -0.625. The number of aromatic amines is 2. The number of pyridine rings is 3. The maximum Gasteiger partial charge on any atom is 0.159 e. The molecule has 0 fully saturated rings. The molecule has 0 radical (unpaired) electrons. The average Bonchev–Trinajstić information content (AvgIpc) is 3.62.